The average molecular weight is 153 g/mol. The first-order valence-corrected chi connectivity index (χ1v) is 4.09. The molecule has 56 valence electrons. The minimum atomic E-state index is -3.34. The van der Waals surface area contributed by atoms with Crippen LogP contribution in [0.25, 0.3) is 0 Å². The molecule has 9 heavy (non-hydrogen) atoms. The van der Waals surface area contributed by atoms with E-state index in [0.717, 1.165) is 7.11 Å². The second-order valence-corrected chi connectivity index (χ2v) is 3.65. The molecule has 4 nitrogen and oxygen atoms in total. The molecule has 0 aliphatic heterocycles. The molecule has 0 aromatic heterocycles. The molecule has 0 saturated heterocycles. The van der Waals surface area contributed by atoms with Crippen molar-refractivity contribution in [3.63, 3.8) is 0 Å². The lowest BCUT2D eigenvalue weighted by atomic mass is 10.4. The zero-order valence-electron chi connectivity index (χ0n) is 5.49. The maximum atomic E-state index is 10.5. The molecular formula is C4H11NO3S. The Bertz CT molecular complexity index is 161. The summed E-state index contributed by atoms with van der Waals surface area (Å²) in [5.41, 5.74) is 5.19. The van der Waals surface area contributed by atoms with Crippen molar-refractivity contribution in [2.75, 3.05) is 12.9 Å². The summed E-state index contributed by atoms with van der Waals surface area (Å²) in [6.45, 7) is 1.61. The van der Waals surface area contributed by atoms with E-state index in [2.05, 4.69) is 4.18 Å². The predicted octanol–water partition coefficient (Wildman–Crippen LogP) is -0.690. The quantitative estimate of drug-likeness (QED) is 0.545. The Morgan fingerprint density at radius 3 is 2.22 bits per heavy atom. The van der Waals surface area contributed by atoms with Crippen LogP contribution in [-0.2, 0) is 14.3 Å². The topological polar surface area (TPSA) is 69.4 Å². The minimum absolute atomic E-state index is 0.122. The first-order valence-electron chi connectivity index (χ1n) is 2.52. The van der Waals surface area contributed by atoms with Crippen molar-refractivity contribution in [2.24, 2.45) is 5.73 Å². The molecule has 5 heteroatoms. The summed E-state index contributed by atoms with van der Waals surface area (Å²) in [6.07, 6.45) is 0. The summed E-state index contributed by atoms with van der Waals surface area (Å²) < 4.78 is 25.2. The monoisotopic (exact) mass is 153 g/mol. The van der Waals surface area contributed by atoms with Gasteiger partial charge in [0.15, 0.2) is 0 Å². The number of hydrogen-bond donors (Lipinski definition) is 1. The SMILES string of the molecule is COS(=O)(=O)CC(C)N. The van der Waals surface area contributed by atoms with E-state index in [0.29, 0.717) is 0 Å². The van der Waals surface area contributed by atoms with Crippen LogP contribution < -0.4 is 5.73 Å². The van der Waals surface area contributed by atoms with E-state index in [9.17, 15) is 8.42 Å². The molecule has 0 rings (SSSR count). The molecule has 1 atom stereocenters. The van der Waals surface area contributed by atoms with Gasteiger partial charge in [-0.15, -0.1) is 0 Å². The van der Waals surface area contributed by atoms with E-state index < -0.39 is 10.1 Å². The van der Waals surface area contributed by atoms with Crippen molar-refractivity contribution in [3.8, 4) is 0 Å². The van der Waals surface area contributed by atoms with Gasteiger partial charge in [0.1, 0.15) is 0 Å². The first kappa shape index (κ1) is 8.87. The summed E-state index contributed by atoms with van der Waals surface area (Å²) >= 11 is 0. The van der Waals surface area contributed by atoms with Crippen LogP contribution in [0.15, 0.2) is 0 Å². The minimum Gasteiger partial charge on any atom is -0.327 e. The van der Waals surface area contributed by atoms with Gasteiger partial charge in [-0.2, -0.15) is 8.42 Å². The zero-order chi connectivity index (χ0) is 7.49. The van der Waals surface area contributed by atoms with Gasteiger partial charge in [0.05, 0.1) is 12.9 Å². The molecule has 1 unspecified atom stereocenters. The van der Waals surface area contributed by atoms with Crippen molar-refractivity contribution in [1.82, 2.24) is 0 Å². The first-order chi connectivity index (χ1) is 3.98. The molecule has 0 aromatic carbocycles. The van der Waals surface area contributed by atoms with Crippen LogP contribution >= 0.6 is 0 Å². The van der Waals surface area contributed by atoms with Gasteiger partial charge < -0.3 is 5.73 Å². The summed E-state index contributed by atoms with van der Waals surface area (Å²) in [5, 5.41) is 0. The van der Waals surface area contributed by atoms with Gasteiger partial charge in [-0.25, -0.2) is 0 Å². The third-order valence-corrected chi connectivity index (χ3v) is 2.16. The van der Waals surface area contributed by atoms with Crippen LogP contribution in [0.4, 0.5) is 0 Å². The maximum Gasteiger partial charge on any atom is 0.268 e. The molecule has 0 fully saturated rings. The van der Waals surface area contributed by atoms with Gasteiger partial charge in [-0.05, 0) is 6.92 Å². The second-order valence-electron chi connectivity index (χ2n) is 1.87. The Labute approximate surface area is 55.1 Å². The van der Waals surface area contributed by atoms with Crippen LogP contribution in [0.2, 0.25) is 0 Å². The molecule has 0 aliphatic carbocycles. The summed E-state index contributed by atoms with van der Waals surface area (Å²) in [4.78, 5) is 0. The molecule has 0 amide bonds. The highest BCUT2D eigenvalue weighted by Gasteiger charge is 2.10. The number of nitrogens with two attached hydrogens (primary N) is 1. The summed E-state index contributed by atoms with van der Waals surface area (Å²) in [6, 6.07) is -0.366. The lowest BCUT2D eigenvalue weighted by molar-refractivity contribution is 0.395. The van der Waals surface area contributed by atoms with Crippen LogP contribution in [-0.4, -0.2) is 27.3 Å². The predicted molar refractivity (Wildman–Crippen MR) is 34.4 cm³/mol. The van der Waals surface area contributed by atoms with Gasteiger partial charge in [0, 0.05) is 6.04 Å². The largest absolute Gasteiger partial charge is 0.327 e. The van der Waals surface area contributed by atoms with Crippen LogP contribution in [0.5, 0.6) is 0 Å². The van der Waals surface area contributed by atoms with Gasteiger partial charge in [0.2, 0.25) is 0 Å². The number of rotatable bonds is 3. The molecule has 0 bridgehead atoms. The van der Waals surface area contributed by atoms with Crippen molar-refractivity contribution in [1.29, 1.82) is 0 Å². The smallest absolute Gasteiger partial charge is 0.268 e. The van der Waals surface area contributed by atoms with E-state index in [-0.39, 0.29) is 11.8 Å². The highest BCUT2D eigenvalue weighted by Crippen LogP contribution is 1.91. The van der Waals surface area contributed by atoms with Gasteiger partial charge in [-0.3, -0.25) is 4.18 Å². The number of hydrogen-bond acceptors (Lipinski definition) is 4. The van der Waals surface area contributed by atoms with Crippen molar-refractivity contribution < 1.29 is 12.6 Å². The summed E-state index contributed by atoms with van der Waals surface area (Å²) in [5.74, 6) is -0.122. The molecule has 0 aliphatic rings. The van der Waals surface area contributed by atoms with Crippen molar-refractivity contribution >= 4 is 10.1 Å². The standard InChI is InChI=1S/C4H11NO3S/c1-4(5)3-9(6,7)8-2/h4H,3,5H2,1-2H3. The molecular weight excluding hydrogens is 142 g/mol. The Kier molecular flexibility index (Phi) is 3.10. The fourth-order valence-corrected chi connectivity index (χ4v) is 1.17. The maximum absolute atomic E-state index is 10.5. The van der Waals surface area contributed by atoms with E-state index in [1.54, 1.807) is 6.92 Å². The van der Waals surface area contributed by atoms with Crippen LogP contribution in [0.3, 0.4) is 0 Å². The Morgan fingerprint density at radius 1 is 1.67 bits per heavy atom. The van der Waals surface area contributed by atoms with E-state index >= 15 is 0 Å². The fourth-order valence-electron chi connectivity index (χ4n) is 0.390. The Morgan fingerprint density at radius 2 is 2.11 bits per heavy atom. The molecule has 0 aromatic rings. The van der Waals surface area contributed by atoms with E-state index in [4.69, 9.17) is 5.73 Å². The Balaban J connectivity index is 3.90. The normalized spacial score (nSPS) is 15.4. The van der Waals surface area contributed by atoms with E-state index in [1.807, 2.05) is 0 Å². The average Bonchev–Trinajstić information content (AvgIpc) is 1.63. The Hall–Kier alpha value is -0.130. The summed E-state index contributed by atoms with van der Waals surface area (Å²) in [7, 11) is -2.22. The van der Waals surface area contributed by atoms with Crippen molar-refractivity contribution in [3.05, 3.63) is 0 Å². The molecule has 2 N–H and O–H groups in total. The third-order valence-electron chi connectivity index (χ3n) is 0.721. The lowest BCUT2D eigenvalue weighted by Gasteiger charge is -2.02. The van der Waals surface area contributed by atoms with Gasteiger partial charge in [0.25, 0.3) is 10.1 Å². The van der Waals surface area contributed by atoms with Crippen LogP contribution in [0.1, 0.15) is 6.92 Å². The fraction of sp³-hybridized carbons (Fsp3) is 1.00. The molecule has 0 radical (unpaired) electrons. The van der Waals surface area contributed by atoms with Gasteiger partial charge >= 0.3 is 0 Å². The molecule has 0 saturated carbocycles. The molecule has 0 heterocycles. The lowest BCUT2D eigenvalue weighted by Crippen LogP contribution is -2.26. The highest BCUT2D eigenvalue weighted by molar-refractivity contribution is 7.86. The van der Waals surface area contributed by atoms with E-state index in [1.165, 1.54) is 0 Å². The third kappa shape index (κ3) is 4.38. The second kappa shape index (κ2) is 3.14. The highest BCUT2D eigenvalue weighted by atomic mass is 32.2. The van der Waals surface area contributed by atoms with Crippen molar-refractivity contribution in [2.45, 2.75) is 13.0 Å². The zero-order valence-corrected chi connectivity index (χ0v) is 6.31. The molecule has 0 spiro atoms. The van der Waals surface area contributed by atoms with Crippen LogP contribution in [0, 0.1) is 0 Å². The van der Waals surface area contributed by atoms with Gasteiger partial charge in [-0.1, -0.05) is 0 Å².